The summed E-state index contributed by atoms with van der Waals surface area (Å²) in [6, 6.07) is 5.40. The van der Waals surface area contributed by atoms with Gasteiger partial charge in [-0.3, -0.25) is 0 Å². The fourth-order valence-electron chi connectivity index (χ4n) is 1.65. The average molecular weight is 211 g/mol. The lowest BCUT2D eigenvalue weighted by Gasteiger charge is -2.13. The Morgan fingerprint density at radius 2 is 2.21 bits per heavy atom. The molecular formula is C11H11ClO2. The fraction of sp³-hybridized carbons (Fsp3) is 0.364. The summed E-state index contributed by atoms with van der Waals surface area (Å²) in [4.78, 5) is 11.0. The van der Waals surface area contributed by atoms with Gasteiger partial charge >= 0.3 is 0 Å². The Hall–Kier alpha value is -1.02. The van der Waals surface area contributed by atoms with Crippen molar-refractivity contribution in [2.45, 2.75) is 18.3 Å². The molecule has 1 aromatic carbocycles. The van der Waals surface area contributed by atoms with Crippen LogP contribution in [0.3, 0.4) is 0 Å². The molecule has 2 nitrogen and oxygen atoms in total. The lowest BCUT2D eigenvalue weighted by atomic mass is 9.97. The molecule has 1 aliphatic rings. The summed E-state index contributed by atoms with van der Waals surface area (Å²) in [7, 11) is 1.60. The number of ether oxygens (including phenoxy) is 1. The third kappa shape index (κ3) is 1.40. The number of hydrogen-bond donors (Lipinski definition) is 0. The Labute approximate surface area is 87.8 Å². The lowest BCUT2D eigenvalue weighted by molar-refractivity contribution is -0.109. The van der Waals surface area contributed by atoms with E-state index in [0.717, 1.165) is 30.4 Å². The SMILES string of the molecule is COc1ccc(Cl)cc1C1(C=O)CC1. The van der Waals surface area contributed by atoms with Crippen molar-refractivity contribution in [2.24, 2.45) is 0 Å². The molecule has 1 fully saturated rings. The second kappa shape index (κ2) is 3.28. The average Bonchev–Trinajstić information content (AvgIpc) is 2.98. The van der Waals surface area contributed by atoms with Crippen LogP contribution in [0, 0.1) is 0 Å². The summed E-state index contributed by atoms with van der Waals surface area (Å²) in [6.07, 6.45) is 2.79. The van der Waals surface area contributed by atoms with Crippen LogP contribution in [0.1, 0.15) is 18.4 Å². The van der Waals surface area contributed by atoms with Crippen LogP contribution < -0.4 is 4.74 Å². The topological polar surface area (TPSA) is 26.3 Å². The van der Waals surface area contributed by atoms with E-state index in [1.54, 1.807) is 19.2 Å². The van der Waals surface area contributed by atoms with Gasteiger partial charge in [-0.15, -0.1) is 0 Å². The minimum absolute atomic E-state index is 0.323. The molecule has 3 heteroatoms. The largest absolute Gasteiger partial charge is 0.496 e. The summed E-state index contributed by atoms with van der Waals surface area (Å²) in [6.45, 7) is 0. The monoisotopic (exact) mass is 210 g/mol. The normalized spacial score (nSPS) is 17.6. The zero-order valence-electron chi connectivity index (χ0n) is 7.92. The van der Waals surface area contributed by atoms with Gasteiger partial charge in [-0.05, 0) is 31.0 Å². The number of carbonyl (C=O) groups excluding carboxylic acids is 1. The van der Waals surface area contributed by atoms with Gasteiger partial charge in [0.25, 0.3) is 0 Å². The van der Waals surface area contributed by atoms with Crippen molar-refractivity contribution in [2.75, 3.05) is 7.11 Å². The maximum atomic E-state index is 11.0. The second-order valence-corrected chi connectivity index (χ2v) is 4.06. The zero-order valence-corrected chi connectivity index (χ0v) is 8.67. The van der Waals surface area contributed by atoms with Crippen molar-refractivity contribution in [1.82, 2.24) is 0 Å². The highest BCUT2D eigenvalue weighted by Crippen LogP contribution is 2.50. The molecule has 0 amide bonds. The quantitative estimate of drug-likeness (QED) is 0.717. The molecule has 1 aromatic rings. The Morgan fingerprint density at radius 1 is 1.50 bits per heavy atom. The van der Waals surface area contributed by atoms with E-state index >= 15 is 0 Å². The van der Waals surface area contributed by atoms with Crippen molar-refractivity contribution in [1.29, 1.82) is 0 Å². The van der Waals surface area contributed by atoms with E-state index in [1.165, 1.54) is 0 Å². The first-order valence-electron chi connectivity index (χ1n) is 4.52. The Balaban J connectivity index is 2.49. The molecule has 2 rings (SSSR count). The van der Waals surface area contributed by atoms with Crippen LogP contribution in [0.5, 0.6) is 5.75 Å². The van der Waals surface area contributed by atoms with Gasteiger partial charge in [0.1, 0.15) is 12.0 Å². The summed E-state index contributed by atoms with van der Waals surface area (Å²) >= 11 is 5.89. The predicted molar refractivity (Wildman–Crippen MR) is 55.0 cm³/mol. The van der Waals surface area contributed by atoms with Gasteiger partial charge in [0.15, 0.2) is 0 Å². The Morgan fingerprint density at radius 3 is 2.71 bits per heavy atom. The van der Waals surface area contributed by atoms with E-state index in [2.05, 4.69) is 0 Å². The molecule has 0 bridgehead atoms. The van der Waals surface area contributed by atoms with Crippen LogP contribution >= 0.6 is 11.6 Å². The Bertz CT molecular complexity index is 370. The van der Waals surface area contributed by atoms with Crippen LogP contribution in [-0.4, -0.2) is 13.4 Å². The van der Waals surface area contributed by atoms with Crippen LogP contribution in [-0.2, 0) is 10.2 Å². The highest BCUT2D eigenvalue weighted by atomic mass is 35.5. The first kappa shape index (κ1) is 9.53. The molecule has 0 aliphatic heterocycles. The molecule has 0 unspecified atom stereocenters. The second-order valence-electron chi connectivity index (χ2n) is 3.62. The van der Waals surface area contributed by atoms with E-state index < -0.39 is 0 Å². The van der Waals surface area contributed by atoms with Gasteiger partial charge in [0, 0.05) is 10.6 Å². The minimum Gasteiger partial charge on any atom is -0.496 e. The lowest BCUT2D eigenvalue weighted by Crippen LogP contribution is -2.09. The number of benzene rings is 1. The molecule has 0 radical (unpaired) electrons. The summed E-state index contributed by atoms with van der Waals surface area (Å²) < 4.78 is 5.21. The number of aldehydes is 1. The molecule has 0 N–H and O–H groups in total. The number of rotatable bonds is 3. The van der Waals surface area contributed by atoms with E-state index in [0.29, 0.717) is 5.02 Å². The third-order valence-electron chi connectivity index (χ3n) is 2.71. The summed E-state index contributed by atoms with van der Waals surface area (Å²) in [5.41, 5.74) is 0.596. The van der Waals surface area contributed by atoms with E-state index in [9.17, 15) is 4.79 Å². The predicted octanol–water partition coefficient (Wildman–Crippen LogP) is 2.58. The van der Waals surface area contributed by atoms with Gasteiger partial charge in [-0.25, -0.2) is 0 Å². The zero-order chi connectivity index (χ0) is 10.2. The molecule has 1 aliphatic carbocycles. The van der Waals surface area contributed by atoms with Crippen LogP contribution in [0.25, 0.3) is 0 Å². The molecule has 0 aromatic heterocycles. The summed E-state index contributed by atoms with van der Waals surface area (Å²) in [5.74, 6) is 0.749. The molecule has 0 spiro atoms. The van der Waals surface area contributed by atoms with Crippen LogP contribution in [0.4, 0.5) is 0 Å². The van der Waals surface area contributed by atoms with E-state index in [1.807, 2.05) is 6.07 Å². The molecule has 1 saturated carbocycles. The smallest absolute Gasteiger partial charge is 0.130 e. The number of hydrogen-bond acceptors (Lipinski definition) is 2. The van der Waals surface area contributed by atoms with Crippen molar-refractivity contribution >= 4 is 17.9 Å². The fourth-order valence-corrected chi connectivity index (χ4v) is 1.83. The van der Waals surface area contributed by atoms with Gasteiger partial charge in [0.2, 0.25) is 0 Å². The minimum atomic E-state index is -0.323. The standard InChI is InChI=1S/C11H11ClO2/c1-14-10-3-2-8(12)6-9(10)11(7-13)4-5-11/h2-3,6-7H,4-5H2,1H3. The van der Waals surface area contributed by atoms with E-state index in [4.69, 9.17) is 16.3 Å². The van der Waals surface area contributed by atoms with Crippen molar-refractivity contribution < 1.29 is 9.53 Å². The molecule has 0 atom stereocenters. The molecule has 14 heavy (non-hydrogen) atoms. The number of halogens is 1. The van der Waals surface area contributed by atoms with Crippen molar-refractivity contribution in [3.63, 3.8) is 0 Å². The molecular weight excluding hydrogens is 200 g/mol. The van der Waals surface area contributed by atoms with E-state index in [-0.39, 0.29) is 5.41 Å². The maximum absolute atomic E-state index is 11.0. The van der Waals surface area contributed by atoms with Gasteiger partial charge < -0.3 is 9.53 Å². The first-order valence-corrected chi connectivity index (χ1v) is 4.90. The maximum Gasteiger partial charge on any atom is 0.130 e. The van der Waals surface area contributed by atoms with Crippen molar-refractivity contribution in [3.8, 4) is 5.75 Å². The van der Waals surface area contributed by atoms with Crippen molar-refractivity contribution in [3.05, 3.63) is 28.8 Å². The molecule has 0 saturated heterocycles. The van der Waals surface area contributed by atoms with Crippen LogP contribution in [0.2, 0.25) is 5.02 Å². The number of methoxy groups -OCH3 is 1. The third-order valence-corrected chi connectivity index (χ3v) is 2.95. The first-order chi connectivity index (χ1) is 6.72. The number of carbonyl (C=O) groups is 1. The highest BCUT2D eigenvalue weighted by Gasteiger charge is 2.46. The van der Waals surface area contributed by atoms with Gasteiger partial charge in [-0.2, -0.15) is 0 Å². The van der Waals surface area contributed by atoms with Gasteiger partial charge in [0.05, 0.1) is 12.5 Å². The highest BCUT2D eigenvalue weighted by molar-refractivity contribution is 6.30. The molecule has 0 heterocycles. The van der Waals surface area contributed by atoms with Gasteiger partial charge in [-0.1, -0.05) is 11.6 Å². The Kier molecular flexibility index (Phi) is 2.23. The summed E-state index contributed by atoms with van der Waals surface area (Å²) in [5, 5.41) is 0.647. The van der Waals surface area contributed by atoms with Crippen LogP contribution in [0.15, 0.2) is 18.2 Å². The molecule has 74 valence electrons.